The lowest BCUT2D eigenvalue weighted by molar-refractivity contribution is -0.117. The van der Waals surface area contributed by atoms with Crippen LogP contribution in [0.25, 0.3) is 21.9 Å². The van der Waals surface area contributed by atoms with E-state index in [2.05, 4.69) is 0 Å². The Morgan fingerprint density at radius 1 is 0.767 bits per heavy atom. The van der Waals surface area contributed by atoms with Crippen molar-refractivity contribution < 1.29 is 23.8 Å². The fourth-order valence-electron chi connectivity index (χ4n) is 3.45. The second kappa shape index (κ2) is 7.18. The molecule has 0 bridgehead atoms. The van der Waals surface area contributed by atoms with Gasteiger partial charge in [0.15, 0.2) is 0 Å². The second-order valence-corrected chi connectivity index (χ2v) is 7.32. The lowest BCUT2D eigenvalue weighted by atomic mass is 10.0. The fraction of sp³-hybridized carbons (Fsp3) is 0.174. The van der Waals surface area contributed by atoms with Crippen LogP contribution in [0.4, 0.5) is 0 Å². The molecule has 4 rings (SSSR count). The Bertz CT molecular complexity index is 1330. The molecule has 2 N–H and O–H groups in total. The van der Waals surface area contributed by atoms with Crippen LogP contribution >= 0.6 is 0 Å². The zero-order valence-electron chi connectivity index (χ0n) is 16.3. The van der Waals surface area contributed by atoms with E-state index in [9.17, 15) is 24.6 Å². The van der Waals surface area contributed by atoms with Gasteiger partial charge in [0.1, 0.15) is 28.4 Å². The zero-order chi connectivity index (χ0) is 21.6. The smallest absolute Gasteiger partial charge is 0.343 e. The van der Waals surface area contributed by atoms with Gasteiger partial charge in [0, 0.05) is 12.8 Å². The van der Waals surface area contributed by atoms with E-state index in [4.69, 9.17) is 8.83 Å². The second-order valence-electron chi connectivity index (χ2n) is 7.32. The number of ketones is 1. The van der Waals surface area contributed by atoms with Crippen molar-refractivity contribution in [1.29, 1.82) is 0 Å². The Balaban J connectivity index is 1.71. The van der Waals surface area contributed by atoms with Crippen molar-refractivity contribution in [3.05, 3.63) is 79.5 Å². The topological polar surface area (TPSA) is 118 Å². The molecule has 2 aromatic heterocycles. The first-order valence-electron chi connectivity index (χ1n) is 9.27. The van der Waals surface area contributed by atoms with Gasteiger partial charge >= 0.3 is 11.3 Å². The molecule has 0 spiro atoms. The summed E-state index contributed by atoms with van der Waals surface area (Å²) in [6, 6.07) is 9.90. The summed E-state index contributed by atoms with van der Waals surface area (Å²) in [4.78, 5) is 37.1. The molecule has 0 aliphatic heterocycles. The molecule has 0 radical (unpaired) electrons. The molecular weight excluding hydrogens is 388 g/mol. The van der Waals surface area contributed by atoms with E-state index in [1.54, 1.807) is 36.4 Å². The van der Waals surface area contributed by atoms with Crippen LogP contribution in [0.2, 0.25) is 0 Å². The lowest BCUT2D eigenvalue weighted by Crippen LogP contribution is -2.18. The molecule has 0 aliphatic carbocycles. The van der Waals surface area contributed by atoms with Crippen molar-refractivity contribution in [2.75, 3.05) is 0 Å². The molecule has 0 atom stereocenters. The maximum absolute atomic E-state index is 12.6. The quantitative estimate of drug-likeness (QED) is 0.499. The third-order valence-electron chi connectivity index (χ3n) is 5.00. The van der Waals surface area contributed by atoms with Crippen LogP contribution in [0.15, 0.2) is 54.8 Å². The number of hydrogen-bond acceptors (Lipinski definition) is 7. The maximum Gasteiger partial charge on any atom is 0.343 e. The molecule has 152 valence electrons. The average molecular weight is 406 g/mol. The molecule has 7 heteroatoms. The lowest BCUT2D eigenvalue weighted by Gasteiger charge is -2.08. The third-order valence-corrected chi connectivity index (χ3v) is 5.00. The van der Waals surface area contributed by atoms with Crippen molar-refractivity contribution in [3.8, 4) is 11.5 Å². The highest BCUT2D eigenvalue weighted by Gasteiger charge is 2.21. The standard InChI is InChI=1S/C23H18O7/c1-11-3-5-18-14(7-11)20(25)16(22(27)29-18)9-13(24)10-17-21(26)15-8-12(2)4-6-19(15)30-23(17)28/h3-8,25-26H,9-10H2,1-2H3. The van der Waals surface area contributed by atoms with Gasteiger partial charge in [0.2, 0.25) is 0 Å². The number of aryl methyl sites for hydroxylation is 2. The number of fused-ring (bicyclic) bond motifs is 2. The van der Waals surface area contributed by atoms with Gasteiger partial charge < -0.3 is 19.0 Å². The van der Waals surface area contributed by atoms with Crippen LogP contribution in [0.1, 0.15) is 22.3 Å². The van der Waals surface area contributed by atoms with Crippen LogP contribution in [-0.4, -0.2) is 16.0 Å². The molecule has 7 nitrogen and oxygen atoms in total. The van der Waals surface area contributed by atoms with Crippen molar-refractivity contribution in [2.45, 2.75) is 26.7 Å². The minimum Gasteiger partial charge on any atom is -0.507 e. The van der Waals surface area contributed by atoms with E-state index in [1.165, 1.54) is 0 Å². The van der Waals surface area contributed by atoms with E-state index in [1.807, 2.05) is 13.8 Å². The highest BCUT2D eigenvalue weighted by molar-refractivity contribution is 5.91. The predicted octanol–water partition coefficient (Wildman–Crippen LogP) is 3.28. The SMILES string of the molecule is Cc1ccc2oc(=O)c(CC(=O)Cc3c(O)c4cc(C)ccc4oc3=O)c(O)c2c1. The molecule has 2 aromatic carbocycles. The molecule has 0 amide bonds. The molecule has 0 saturated carbocycles. The normalized spacial score (nSPS) is 11.3. The summed E-state index contributed by atoms with van der Waals surface area (Å²) in [5.41, 5.74) is 0.0585. The van der Waals surface area contributed by atoms with Gasteiger partial charge in [-0.2, -0.15) is 0 Å². The third kappa shape index (κ3) is 3.34. The largest absolute Gasteiger partial charge is 0.507 e. The van der Waals surface area contributed by atoms with Crippen LogP contribution in [0.5, 0.6) is 11.5 Å². The number of rotatable bonds is 4. The Morgan fingerprint density at radius 2 is 1.17 bits per heavy atom. The monoisotopic (exact) mass is 406 g/mol. The van der Waals surface area contributed by atoms with Gasteiger partial charge in [-0.15, -0.1) is 0 Å². The number of Topliss-reactive ketones (excluding diaryl/α,β-unsaturated/α-hetero) is 1. The van der Waals surface area contributed by atoms with E-state index in [-0.39, 0.29) is 33.8 Å². The Kier molecular flexibility index (Phi) is 4.66. The van der Waals surface area contributed by atoms with Gasteiger partial charge in [-0.05, 0) is 38.1 Å². The van der Waals surface area contributed by atoms with Crippen LogP contribution < -0.4 is 11.3 Å². The Morgan fingerprint density at radius 3 is 1.57 bits per heavy atom. The number of carbonyl (C=O) groups excluding carboxylic acids is 1. The van der Waals surface area contributed by atoms with Gasteiger partial charge in [-0.25, -0.2) is 9.59 Å². The van der Waals surface area contributed by atoms with Crippen molar-refractivity contribution >= 4 is 27.7 Å². The minimum atomic E-state index is -0.831. The predicted molar refractivity (Wildman–Crippen MR) is 110 cm³/mol. The molecule has 30 heavy (non-hydrogen) atoms. The molecule has 4 aromatic rings. The van der Waals surface area contributed by atoms with Gasteiger partial charge in [-0.3, -0.25) is 4.79 Å². The first kappa shape index (κ1) is 19.4. The number of carbonyl (C=O) groups is 1. The molecule has 0 unspecified atom stereocenters. The summed E-state index contributed by atoms with van der Waals surface area (Å²) in [6.45, 7) is 3.64. The molecule has 0 aliphatic rings. The first-order valence-corrected chi connectivity index (χ1v) is 9.27. The number of benzene rings is 2. The minimum absolute atomic E-state index is 0.196. The van der Waals surface area contributed by atoms with E-state index >= 15 is 0 Å². The van der Waals surface area contributed by atoms with E-state index < -0.39 is 29.9 Å². The van der Waals surface area contributed by atoms with Crippen LogP contribution in [-0.2, 0) is 17.6 Å². The maximum atomic E-state index is 12.6. The number of hydrogen-bond donors (Lipinski definition) is 2. The van der Waals surface area contributed by atoms with Gasteiger partial charge in [0.25, 0.3) is 0 Å². The average Bonchev–Trinajstić information content (AvgIpc) is 2.70. The van der Waals surface area contributed by atoms with E-state index in [0.29, 0.717) is 10.8 Å². The Labute approximate surface area is 169 Å². The van der Waals surface area contributed by atoms with Crippen molar-refractivity contribution in [2.24, 2.45) is 0 Å². The highest BCUT2D eigenvalue weighted by Crippen LogP contribution is 2.29. The Hall–Kier alpha value is -3.87. The summed E-state index contributed by atoms with van der Waals surface area (Å²) in [5, 5.41) is 21.7. The van der Waals surface area contributed by atoms with Crippen molar-refractivity contribution in [1.82, 2.24) is 0 Å². The first-order chi connectivity index (χ1) is 14.2. The molecule has 0 fully saturated rings. The summed E-state index contributed by atoms with van der Waals surface area (Å²) in [7, 11) is 0. The van der Waals surface area contributed by atoms with E-state index in [0.717, 1.165) is 11.1 Å². The molecular formula is C23H18O7. The molecule has 2 heterocycles. The van der Waals surface area contributed by atoms with Crippen molar-refractivity contribution in [3.63, 3.8) is 0 Å². The highest BCUT2D eigenvalue weighted by atomic mass is 16.4. The molecule has 0 saturated heterocycles. The summed E-state index contributed by atoms with van der Waals surface area (Å²) in [6.07, 6.45) is -0.911. The van der Waals surface area contributed by atoms with Crippen LogP contribution in [0, 0.1) is 13.8 Å². The number of aromatic hydroxyl groups is 2. The van der Waals surface area contributed by atoms with Gasteiger partial charge in [0.05, 0.1) is 21.9 Å². The zero-order valence-corrected chi connectivity index (χ0v) is 16.3. The fourth-order valence-corrected chi connectivity index (χ4v) is 3.45. The van der Waals surface area contributed by atoms with Gasteiger partial charge in [-0.1, -0.05) is 23.3 Å². The summed E-state index contributed by atoms with van der Waals surface area (Å²) >= 11 is 0. The summed E-state index contributed by atoms with van der Waals surface area (Å²) in [5.74, 6) is -1.22. The summed E-state index contributed by atoms with van der Waals surface area (Å²) < 4.78 is 10.4. The van der Waals surface area contributed by atoms with Crippen LogP contribution in [0.3, 0.4) is 0 Å².